The largest absolute Gasteiger partial charge is 0.385 e. The molecule has 0 saturated heterocycles. The first-order chi connectivity index (χ1) is 9.16. The number of aliphatic hydroxyl groups is 1. The second-order valence-corrected chi connectivity index (χ2v) is 5.77. The molecule has 1 rings (SSSR count). The summed E-state index contributed by atoms with van der Waals surface area (Å²) in [6.45, 7) is 6.64. The predicted octanol–water partition coefficient (Wildman–Crippen LogP) is 5.28. The van der Waals surface area contributed by atoms with Gasteiger partial charge in [-0.05, 0) is 24.3 Å². The van der Waals surface area contributed by atoms with Crippen LogP contribution in [0.4, 0.5) is 0 Å². The smallest absolute Gasteiger partial charge is 0.0899 e. The normalized spacial score (nSPS) is 16.0. The van der Waals surface area contributed by atoms with E-state index in [1.807, 2.05) is 18.2 Å². The Morgan fingerprint density at radius 1 is 1.05 bits per heavy atom. The van der Waals surface area contributed by atoms with Crippen LogP contribution in [-0.2, 0) is 5.60 Å². The molecule has 1 nitrogen and oxygen atoms in total. The van der Waals surface area contributed by atoms with Crippen molar-refractivity contribution in [1.82, 2.24) is 0 Å². The van der Waals surface area contributed by atoms with Gasteiger partial charge in [0, 0.05) is 0 Å². The highest BCUT2D eigenvalue weighted by Gasteiger charge is 2.30. The highest BCUT2D eigenvalue weighted by atomic mass is 16.3. The van der Waals surface area contributed by atoms with Crippen LogP contribution >= 0.6 is 0 Å². The maximum absolute atomic E-state index is 11.1. The molecule has 108 valence electrons. The van der Waals surface area contributed by atoms with E-state index >= 15 is 0 Å². The van der Waals surface area contributed by atoms with Crippen LogP contribution in [0.3, 0.4) is 0 Å². The average molecular weight is 262 g/mol. The molecule has 0 heterocycles. The van der Waals surface area contributed by atoms with Crippen molar-refractivity contribution >= 4 is 0 Å². The summed E-state index contributed by atoms with van der Waals surface area (Å²) >= 11 is 0. The van der Waals surface area contributed by atoms with Crippen molar-refractivity contribution in [2.24, 2.45) is 5.92 Å². The van der Waals surface area contributed by atoms with Gasteiger partial charge in [-0.15, -0.1) is 0 Å². The van der Waals surface area contributed by atoms with Crippen molar-refractivity contribution in [3.63, 3.8) is 0 Å². The molecule has 0 spiro atoms. The van der Waals surface area contributed by atoms with Gasteiger partial charge in [-0.1, -0.05) is 83.2 Å². The van der Waals surface area contributed by atoms with Crippen LogP contribution in [0.2, 0.25) is 0 Å². The second kappa shape index (κ2) is 8.37. The molecule has 2 unspecified atom stereocenters. The Labute approximate surface area is 119 Å². The van der Waals surface area contributed by atoms with Gasteiger partial charge in [0.1, 0.15) is 0 Å². The Morgan fingerprint density at radius 3 is 2.26 bits per heavy atom. The van der Waals surface area contributed by atoms with Gasteiger partial charge in [0.2, 0.25) is 0 Å². The maximum atomic E-state index is 11.1. The Bertz CT molecular complexity index is 333. The van der Waals surface area contributed by atoms with Crippen molar-refractivity contribution in [3.05, 3.63) is 35.9 Å². The van der Waals surface area contributed by atoms with Gasteiger partial charge in [-0.25, -0.2) is 0 Å². The highest BCUT2D eigenvalue weighted by Crippen LogP contribution is 2.35. The van der Waals surface area contributed by atoms with Crippen molar-refractivity contribution in [1.29, 1.82) is 0 Å². The number of hydrogen-bond donors (Lipinski definition) is 1. The second-order valence-electron chi connectivity index (χ2n) is 5.77. The summed E-state index contributed by atoms with van der Waals surface area (Å²) in [4.78, 5) is 0. The highest BCUT2D eigenvalue weighted by molar-refractivity contribution is 5.22. The van der Waals surface area contributed by atoms with E-state index in [2.05, 4.69) is 32.9 Å². The quantitative estimate of drug-likeness (QED) is 0.642. The first-order valence-corrected chi connectivity index (χ1v) is 7.94. The van der Waals surface area contributed by atoms with Gasteiger partial charge in [-0.3, -0.25) is 0 Å². The summed E-state index contributed by atoms with van der Waals surface area (Å²) in [6.07, 6.45) is 7.71. The lowest BCUT2D eigenvalue weighted by molar-refractivity contribution is -0.000389. The van der Waals surface area contributed by atoms with Crippen LogP contribution in [0.15, 0.2) is 30.3 Å². The minimum absolute atomic E-state index is 0.634. The fraction of sp³-hybridized carbons (Fsp3) is 0.667. The summed E-state index contributed by atoms with van der Waals surface area (Å²) < 4.78 is 0. The standard InChI is InChI=1S/C18H30O/c1-4-7-11-16(6-3)15-18(19,14-5-2)17-12-9-8-10-13-17/h8-10,12-13,16,19H,4-7,11,14-15H2,1-3H3. The molecule has 0 radical (unpaired) electrons. The lowest BCUT2D eigenvalue weighted by atomic mass is 9.79. The van der Waals surface area contributed by atoms with Gasteiger partial charge >= 0.3 is 0 Å². The van der Waals surface area contributed by atoms with Crippen LogP contribution in [0.5, 0.6) is 0 Å². The van der Waals surface area contributed by atoms with Crippen LogP contribution in [0.1, 0.15) is 71.3 Å². The first-order valence-electron chi connectivity index (χ1n) is 7.94. The Balaban J connectivity index is 2.80. The van der Waals surface area contributed by atoms with Crippen molar-refractivity contribution in [3.8, 4) is 0 Å². The van der Waals surface area contributed by atoms with Gasteiger partial charge in [0.15, 0.2) is 0 Å². The fourth-order valence-electron chi connectivity index (χ4n) is 2.95. The molecule has 0 aliphatic rings. The van der Waals surface area contributed by atoms with E-state index in [1.54, 1.807) is 0 Å². The lowest BCUT2D eigenvalue weighted by Gasteiger charge is -2.32. The molecule has 1 N–H and O–H groups in total. The third-order valence-corrected chi connectivity index (χ3v) is 4.14. The zero-order valence-electron chi connectivity index (χ0n) is 12.9. The van der Waals surface area contributed by atoms with Crippen molar-refractivity contribution in [2.45, 2.75) is 71.3 Å². The molecule has 0 amide bonds. The van der Waals surface area contributed by atoms with E-state index < -0.39 is 5.60 Å². The average Bonchev–Trinajstić information content (AvgIpc) is 2.44. The Hall–Kier alpha value is -0.820. The molecule has 1 heteroatoms. The van der Waals surface area contributed by atoms with E-state index in [0.29, 0.717) is 5.92 Å². The van der Waals surface area contributed by atoms with E-state index in [1.165, 1.54) is 25.7 Å². The molecule has 0 aliphatic heterocycles. The SMILES string of the molecule is CCCCC(CC)CC(O)(CCC)c1ccccc1. The van der Waals surface area contributed by atoms with Crippen LogP contribution in [0.25, 0.3) is 0 Å². The van der Waals surface area contributed by atoms with E-state index in [-0.39, 0.29) is 0 Å². The minimum Gasteiger partial charge on any atom is -0.385 e. The summed E-state index contributed by atoms with van der Waals surface area (Å²) in [5.41, 5.74) is 0.455. The van der Waals surface area contributed by atoms with Gasteiger partial charge in [0.25, 0.3) is 0 Å². The molecule has 0 saturated carbocycles. The summed E-state index contributed by atoms with van der Waals surface area (Å²) in [7, 11) is 0. The zero-order valence-corrected chi connectivity index (χ0v) is 12.9. The zero-order chi connectivity index (χ0) is 14.1. The molecule has 0 fully saturated rings. The molecule has 0 bridgehead atoms. The molecule has 1 aromatic rings. The van der Waals surface area contributed by atoms with Crippen LogP contribution in [-0.4, -0.2) is 5.11 Å². The van der Waals surface area contributed by atoms with E-state index in [0.717, 1.165) is 24.8 Å². The molecule has 0 aromatic heterocycles. The molecule has 1 aromatic carbocycles. The number of hydrogen-bond acceptors (Lipinski definition) is 1. The Kier molecular flexibility index (Phi) is 7.15. The first kappa shape index (κ1) is 16.2. The summed E-state index contributed by atoms with van der Waals surface area (Å²) in [5, 5.41) is 11.1. The minimum atomic E-state index is -0.634. The third kappa shape index (κ3) is 4.99. The molecular formula is C18H30O. The van der Waals surface area contributed by atoms with E-state index in [4.69, 9.17) is 0 Å². The number of unbranched alkanes of at least 4 members (excludes halogenated alkanes) is 1. The topological polar surface area (TPSA) is 20.2 Å². The fourth-order valence-corrected chi connectivity index (χ4v) is 2.95. The third-order valence-electron chi connectivity index (χ3n) is 4.14. The number of rotatable bonds is 9. The molecule has 0 aliphatic carbocycles. The van der Waals surface area contributed by atoms with Gasteiger partial charge in [0.05, 0.1) is 5.60 Å². The Morgan fingerprint density at radius 2 is 1.74 bits per heavy atom. The van der Waals surface area contributed by atoms with Crippen LogP contribution in [0, 0.1) is 5.92 Å². The molecule has 2 atom stereocenters. The maximum Gasteiger partial charge on any atom is 0.0899 e. The number of benzene rings is 1. The van der Waals surface area contributed by atoms with Gasteiger partial charge in [-0.2, -0.15) is 0 Å². The van der Waals surface area contributed by atoms with Crippen molar-refractivity contribution in [2.75, 3.05) is 0 Å². The molecule has 19 heavy (non-hydrogen) atoms. The monoisotopic (exact) mass is 262 g/mol. The van der Waals surface area contributed by atoms with Crippen molar-refractivity contribution < 1.29 is 5.11 Å². The summed E-state index contributed by atoms with van der Waals surface area (Å²) in [6, 6.07) is 10.2. The lowest BCUT2D eigenvalue weighted by Crippen LogP contribution is -2.28. The predicted molar refractivity (Wildman–Crippen MR) is 83.2 cm³/mol. The van der Waals surface area contributed by atoms with E-state index in [9.17, 15) is 5.11 Å². The molecular weight excluding hydrogens is 232 g/mol. The summed E-state index contributed by atoms with van der Waals surface area (Å²) in [5.74, 6) is 0.636. The van der Waals surface area contributed by atoms with Gasteiger partial charge < -0.3 is 5.11 Å². The van der Waals surface area contributed by atoms with Crippen LogP contribution < -0.4 is 0 Å².